The van der Waals surface area contributed by atoms with Crippen LogP contribution in [0.4, 0.5) is 0 Å². The number of aliphatic hydroxyl groups is 2. The van der Waals surface area contributed by atoms with E-state index in [9.17, 15) is 0 Å². The van der Waals surface area contributed by atoms with Gasteiger partial charge in [-0.05, 0) is 0 Å². The number of aliphatic hydroxyl groups excluding tert-OH is 2. The predicted octanol–water partition coefficient (Wildman–Crippen LogP) is -1.24. The van der Waals surface area contributed by atoms with Gasteiger partial charge in [-0.15, -0.1) is 0 Å². The second kappa shape index (κ2) is 3.27. The van der Waals surface area contributed by atoms with Gasteiger partial charge in [0.1, 0.15) is 24.9 Å². The fourth-order valence-corrected chi connectivity index (χ4v) is 0.789. The summed E-state index contributed by atoms with van der Waals surface area (Å²) in [6, 6.07) is 0. The molecule has 3 atom stereocenters. The lowest BCUT2D eigenvalue weighted by atomic mass is 10.2. The minimum atomic E-state index is -0.991. The molecule has 59 valence electrons. The summed E-state index contributed by atoms with van der Waals surface area (Å²) in [5.74, 6) is 0. The Morgan fingerprint density at radius 2 is 2.30 bits per heavy atom. The number of ether oxygens (including phenoxy) is 1. The van der Waals surface area contributed by atoms with Gasteiger partial charge >= 0.3 is 0 Å². The first-order valence-electron chi connectivity index (χ1n) is 2.87. The maximum Gasteiger partial charge on any atom is 0.150 e. The Bertz CT molecular complexity index is 94.2. The molecule has 0 spiro atoms. The van der Waals surface area contributed by atoms with Crippen molar-refractivity contribution in [1.82, 2.24) is 0 Å². The first kappa shape index (κ1) is 7.90. The Labute approximate surface area is 57.7 Å². The summed E-state index contributed by atoms with van der Waals surface area (Å²) in [7, 11) is 0. The first-order chi connectivity index (χ1) is 4.79. The molecule has 1 aliphatic heterocycles. The Morgan fingerprint density at radius 1 is 1.60 bits per heavy atom. The molecule has 3 N–H and O–H groups in total. The molecule has 1 rings (SSSR count). The van der Waals surface area contributed by atoms with Crippen LogP contribution < -0.4 is 0 Å². The highest BCUT2D eigenvalue weighted by Gasteiger charge is 2.37. The Hall–Kier alpha value is -0.200. The number of rotatable bonds is 2. The van der Waals surface area contributed by atoms with Crippen LogP contribution in [0, 0.1) is 6.61 Å². The normalized spacial score (nSPS) is 40.5. The topological polar surface area (TPSA) is 79.2 Å². The number of hydrogen-bond acceptors (Lipinski definition) is 5. The van der Waals surface area contributed by atoms with Crippen molar-refractivity contribution in [3.8, 4) is 0 Å². The standard InChI is InChI=1S/C5H9O5/c6-1-3-5(7)4(10-8)2-9-3/h2-8H,1H2. The average molecular weight is 149 g/mol. The van der Waals surface area contributed by atoms with Crippen LogP contribution in [0.25, 0.3) is 0 Å². The summed E-state index contributed by atoms with van der Waals surface area (Å²) in [4.78, 5) is 3.81. The van der Waals surface area contributed by atoms with E-state index in [1.807, 2.05) is 0 Å². The monoisotopic (exact) mass is 149 g/mol. The zero-order valence-electron chi connectivity index (χ0n) is 5.17. The molecule has 0 aromatic heterocycles. The molecular formula is C5H9O5. The van der Waals surface area contributed by atoms with Gasteiger partial charge in [-0.25, -0.2) is 4.89 Å². The van der Waals surface area contributed by atoms with Gasteiger partial charge in [-0.2, -0.15) is 0 Å². The average Bonchev–Trinajstić information content (AvgIpc) is 2.30. The second-order valence-corrected chi connectivity index (χ2v) is 2.05. The fraction of sp³-hybridized carbons (Fsp3) is 0.800. The van der Waals surface area contributed by atoms with E-state index in [-0.39, 0.29) is 6.61 Å². The van der Waals surface area contributed by atoms with Gasteiger partial charge in [0.25, 0.3) is 0 Å². The Kier molecular flexibility index (Phi) is 2.58. The van der Waals surface area contributed by atoms with Crippen LogP contribution >= 0.6 is 0 Å². The van der Waals surface area contributed by atoms with E-state index in [4.69, 9.17) is 20.2 Å². The molecule has 0 saturated carbocycles. The van der Waals surface area contributed by atoms with Crippen LogP contribution in [0.15, 0.2) is 0 Å². The van der Waals surface area contributed by atoms with Crippen LogP contribution in [0.1, 0.15) is 0 Å². The van der Waals surface area contributed by atoms with Crippen molar-refractivity contribution in [3.05, 3.63) is 6.61 Å². The maximum atomic E-state index is 9.05. The van der Waals surface area contributed by atoms with E-state index in [2.05, 4.69) is 4.89 Å². The lowest BCUT2D eigenvalue weighted by Gasteiger charge is -2.11. The van der Waals surface area contributed by atoms with Gasteiger partial charge in [0.2, 0.25) is 0 Å². The highest BCUT2D eigenvalue weighted by atomic mass is 17.1. The third kappa shape index (κ3) is 1.28. The summed E-state index contributed by atoms with van der Waals surface area (Å²) in [5.41, 5.74) is 0. The summed E-state index contributed by atoms with van der Waals surface area (Å²) >= 11 is 0. The fourth-order valence-electron chi connectivity index (χ4n) is 0.789. The molecule has 10 heavy (non-hydrogen) atoms. The second-order valence-electron chi connectivity index (χ2n) is 2.05. The molecule has 0 amide bonds. The minimum Gasteiger partial charge on any atom is -0.394 e. The third-order valence-electron chi connectivity index (χ3n) is 1.41. The largest absolute Gasteiger partial charge is 0.394 e. The van der Waals surface area contributed by atoms with E-state index in [1.54, 1.807) is 0 Å². The highest BCUT2D eigenvalue weighted by Crippen LogP contribution is 2.19. The summed E-state index contributed by atoms with van der Waals surface area (Å²) in [6.07, 6.45) is -2.52. The Morgan fingerprint density at radius 3 is 2.60 bits per heavy atom. The van der Waals surface area contributed by atoms with Crippen molar-refractivity contribution in [2.75, 3.05) is 6.61 Å². The molecule has 0 bridgehead atoms. The molecule has 3 unspecified atom stereocenters. The van der Waals surface area contributed by atoms with Crippen molar-refractivity contribution >= 4 is 0 Å². The molecule has 0 aromatic carbocycles. The molecule has 0 aliphatic carbocycles. The van der Waals surface area contributed by atoms with Crippen LogP contribution in [0.2, 0.25) is 0 Å². The zero-order chi connectivity index (χ0) is 7.56. The van der Waals surface area contributed by atoms with Gasteiger partial charge < -0.3 is 14.9 Å². The van der Waals surface area contributed by atoms with Crippen LogP contribution in [0.5, 0.6) is 0 Å². The molecule has 1 heterocycles. The van der Waals surface area contributed by atoms with E-state index in [0.717, 1.165) is 6.61 Å². The zero-order valence-corrected chi connectivity index (χ0v) is 5.17. The molecule has 1 radical (unpaired) electrons. The lowest BCUT2D eigenvalue weighted by molar-refractivity contribution is -0.283. The van der Waals surface area contributed by atoms with Gasteiger partial charge in [0.15, 0.2) is 0 Å². The van der Waals surface area contributed by atoms with Crippen molar-refractivity contribution in [2.45, 2.75) is 18.3 Å². The van der Waals surface area contributed by atoms with Crippen molar-refractivity contribution in [2.24, 2.45) is 0 Å². The van der Waals surface area contributed by atoms with Crippen LogP contribution in [-0.2, 0) is 9.62 Å². The molecule has 5 nitrogen and oxygen atoms in total. The van der Waals surface area contributed by atoms with Gasteiger partial charge in [-0.1, -0.05) is 0 Å². The van der Waals surface area contributed by atoms with Crippen LogP contribution in [-0.4, -0.2) is 40.4 Å². The SMILES string of the molecule is OCC1O[CH]C(OO)C1O. The van der Waals surface area contributed by atoms with Crippen molar-refractivity contribution < 1.29 is 25.1 Å². The maximum absolute atomic E-state index is 9.05. The predicted molar refractivity (Wildman–Crippen MR) is 29.8 cm³/mol. The van der Waals surface area contributed by atoms with E-state index < -0.39 is 18.3 Å². The molecule has 1 aliphatic rings. The van der Waals surface area contributed by atoms with Gasteiger partial charge in [-0.3, -0.25) is 5.26 Å². The summed E-state index contributed by atoms with van der Waals surface area (Å²) in [6.45, 7) is 0.850. The smallest absolute Gasteiger partial charge is 0.150 e. The molecule has 1 saturated heterocycles. The first-order valence-corrected chi connectivity index (χ1v) is 2.87. The van der Waals surface area contributed by atoms with Crippen molar-refractivity contribution in [3.63, 3.8) is 0 Å². The molecule has 0 aromatic rings. The molecule has 5 heteroatoms. The summed E-state index contributed by atoms with van der Waals surface area (Å²) in [5, 5.41) is 25.7. The molecule has 1 fully saturated rings. The van der Waals surface area contributed by atoms with E-state index >= 15 is 0 Å². The number of hydrogen-bond donors (Lipinski definition) is 3. The quantitative estimate of drug-likeness (QED) is 0.338. The highest BCUT2D eigenvalue weighted by molar-refractivity contribution is 4.90. The van der Waals surface area contributed by atoms with E-state index in [0.29, 0.717) is 0 Å². The van der Waals surface area contributed by atoms with Gasteiger partial charge in [0.05, 0.1) is 6.61 Å². The van der Waals surface area contributed by atoms with Crippen molar-refractivity contribution in [1.29, 1.82) is 0 Å². The molecular weight excluding hydrogens is 140 g/mol. The lowest BCUT2D eigenvalue weighted by Crippen LogP contribution is -2.32. The van der Waals surface area contributed by atoms with E-state index in [1.165, 1.54) is 0 Å². The Balaban J connectivity index is 2.41. The van der Waals surface area contributed by atoms with Gasteiger partial charge in [0, 0.05) is 0 Å². The summed E-state index contributed by atoms with van der Waals surface area (Å²) < 4.78 is 4.71. The minimum absolute atomic E-state index is 0.294. The third-order valence-corrected chi connectivity index (χ3v) is 1.41. The van der Waals surface area contributed by atoms with Crippen LogP contribution in [0.3, 0.4) is 0 Å².